The van der Waals surface area contributed by atoms with Crippen LogP contribution in [0.1, 0.15) is 11.5 Å². The maximum Gasteiger partial charge on any atom is 0.309 e. The molecule has 0 amide bonds. The zero-order valence-corrected chi connectivity index (χ0v) is 6.11. The first-order valence-electron chi connectivity index (χ1n) is 3.19. The van der Waals surface area contributed by atoms with E-state index in [4.69, 9.17) is 5.11 Å². The van der Waals surface area contributed by atoms with Crippen LogP contribution in [0.15, 0.2) is 12.3 Å². The number of aliphatic carboxylic acids is 1. The van der Waals surface area contributed by atoms with Gasteiger partial charge in [-0.25, -0.2) is 9.97 Å². The Kier molecular flexibility index (Phi) is 2.15. The third-order valence-electron chi connectivity index (χ3n) is 1.17. The molecule has 0 atom stereocenters. The summed E-state index contributed by atoms with van der Waals surface area (Å²) in [6.07, 6.45) is 1.52. The van der Waals surface area contributed by atoms with Crippen LogP contribution in [0.5, 0.6) is 0 Å². The van der Waals surface area contributed by atoms with Gasteiger partial charge in [-0.1, -0.05) is 0 Å². The smallest absolute Gasteiger partial charge is 0.309 e. The lowest BCUT2D eigenvalue weighted by Crippen LogP contribution is -2.03. The van der Waals surface area contributed by atoms with Gasteiger partial charge in [0.05, 0.1) is 12.1 Å². The van der Waals surface area contributed by atoms with Gasteiger partial charge in [-0.15, -0.1) is 0 Å². The number of carbonyl (C=O) groups is 1. The number of carboxylic acids is 1. The Morgan fingerprint density at radius 2 is 2.45 bits per heavy atom. The first-order chi connectivity index (χ1) is 5.18. The highest BCUT2D eigenvalue weighted by Crippen LogP contribution is 1.95. The van der Waals surface area contributed by atoms with Crippen molar-refractivity contribution in [2.24, 2.45) is 0 Å². The highest BCUT2D eigenvalue weighted by Gasteiger charge is 2.00. The van der Waals surface area contributed by atoms with Crippen LogP contribution in [0.4, 0.5) is 0 Å². The van der Waals surface area contributed by atoms with Gasteiger partial charge in [0.25, 0.3) is 0 Å². The molecule has 1 heterocycles. The van der Waals surface area contributed by atoms with Crippen LogP contribution >= 0.6 is 0 Å². The summed E-state index contributed by atoms with van der Waals surface area (Å²) in [5.41, 5.74) is 0.546. The van der Waals surface area contributed by atoms with E-state index in [1.807, 2.05) is 0 Å². The van der Waals surface area contributed by atoms with Gasteiger partial charge < -0.3 is 5.11 Å². The molecule has 1 aromatic heterocycles. The zero-order chi connectivity index (χ0) is 8.27. The van der Waals surface area contributed by atoms with Crippen LogP contribution in [-0.4, -0.2) is 21.0 Å². The summed E-state index contributed by atoms with van der Waals surface area (Å²) in [6.45, 7) is 1.73. The maximum atomic E-state index is 10.2. The fourth-order valence-corrected chi connectivity index (χ4v) is 0.759. The lowest BCUT2D eigenvalue weighted by atomic mass is 10.3. The van der Waals surface area contributed by atoms with Gasteiger partial charge in [0.15, 0.2) is 0 Å². The topological polar surface area (TPSA) is 63.1 Å². The third kappa shape index (κ3) is 2.33. The number of aryl methyl sites for hydroxylation is 1. The van der Waals surface area contributed by atoms with E-state index in [0.717, 1.165) is 0 Å². The molecule has 0 aliphatic heterocycles. The van der Waals surface area contributed by atoms with Gasteiger partial charge in [-0.3, -0.25) is 4.79 Å². The molecule has 1 rings (SSSR count). The van der Waals surface area contributed by atoms with Crippen molar-refractivity contribution < 1.29 is 9.90 Å². The molecular weight excluding hydrogens is 144 g/mol. The van der Waals surface area contributed by atoms with Crippen LogP contribution in [0.25, 0.3) is 0 Å². The fraction of sp³-hybridized carbons (Fsp3) is 0.286. The summed E-state index contributed by atoms with van der Waals surface area (Å²) in [7, 11) is 0. The molecule has 0 aliphatic carbocycles. The average Bonchev–Trinajstić information content (AvgIpc) is 1.85. The first kappa shape index (κ1) is 7.65. The van der Waals surface area contributed by atoms with E-state index in [1.54, 1.807) is 19.2 Å². The van der Waals surface area contributed by atoms with Crippen molar-refractivity contribution in [3.63, 3.8) is 0 Å². The van der Waals surface area contributed by atoms with Crippen molar-refractivity contribution in [2.45, 2.75) is 13.3 Å². The molecule has 0 aromatic carbocycles. The molecule has 0 bridgehead atoms. The predicted octanol–water partition coefficient (Wildman–Crippen LogP) is 0.412. The number of hydrogen-bond acceptors (Lipinski definition) is 3. The van der Waals surface area contributed by atoms with Gasteiger partial charge in [0.2, 0.25) is 0 Å². The SMILES string of the molecule is Cc1nccc(CC(=O)O)n1. The minimum absolute atomic E-state index is 0.0383. The van der Waals surface area contributed by atoms with Crippen molar-refractivity contribution in [3.05, 3.63) is 23.8 Å². The number of carboxylic acid groups (broad SMARTS) is 1. The van der Waals surface area contributed by atoms with Gasteiger partial charge >= 0.3 is 5.97 Å². The molecule has 0 unspecified atom stereocenters. The average molecular weight is 152 g/mol. The van der Waals surface area contributed by atoms with E-state index in [-0.39, 0.29) is 6.42 Å². The molecule has 4 nitrogen and oxygen atoms in total. The monoisotopic (exact) mass is 152 g/mol. The van der Waals surface area contributed by atoms with Crippen molar-refractivity contribution in [3.8, 4) is 0 Å². The quantitative estimate of drug-likeness (QED) is 0.666. The van der Waals surface area contributed by atoms with Crippen molar-refractivity contribution >= 4 is 5.97 Å². The standard InChI is InChI=1S/C7H8N2O2/c1-5-8-3-2-6(9-5)4-7(10)11/h2-3H,4H2,1H3,(H,10,11). The highest BCUT2D eigenvalue weighted by atomic mass is 16.4. The van der Waals surface area contributed by atoms with Crippen LogP contribution < -0.4 is 0 Å². The summed E-state index contributed by atoms with van der Waals surface area (Å²) >= 11 is 0. The van der Waals surface area contributed by atoms with E-state index in [1.165, 1.54) is 0 Å². The highest BCUT2D eigenvalue weighted by molar-refractivity contribution is 5.69. The van der Waals surface area contributed by atoms with Gasteiger partial charge in [0, 0.05) is 6.20 Å². The van der Waals surface area contributed by atoms with Gasteiger partial charge in [0.1, 0.15) is 5.82 Å². The minimum atomic E-state index is -0.872. The summed E-state index contributed by atoms with van der Waals surface area (Å²) in [5.74, 6) is -0.271. The Hall–Kier alpha value is -1.45. The normalized spacial score (nSPS) is 9.55. The fourth-order valence-electron chi connectivity index (χ4n) is 0.759. The Morgan fingerprint density at radius 1 is 1.73 bits per heavy atom. The molecule has 0 saturated heterocycles. The van der Waals surface area contributed by atoms with Crippen LogP contribution in [-0.2, 0) is 11.2 Å². The van der Waals surface area contributed by atoms with Crippen LogP contribution in [0.3, 0.4) is 0 Å². The molecule has 0 radical (unpaired) electrons. The van der Waals surface area contributed by atoms with E-state index in [0.29, 0.717) is 11.5 Å². The van der Waals surface area contributed by atoms with E-state index in [2.05, 4.69) is 9.97 Å². The van der Waals surface area contributed by atoms with E-state index >= 15 is 0 Å². The largest absolute Gasteiger partial charge is 0.481 e. The second kappa shape index (κ2) is 3.09. The Balaban J connectivity index is 2.79. The maximum absolute atomic E-state index is 10.2. The van der Waals surface area contributed by atoms with Crippen molar-refractivity contribution in [1.29, 1.82) is 0 Å². The second-order valence-electron chi connectivity index (χ2n) is 2.17. The molecule has 0 aliphatic rings. The van der Waals surface area contributed by atoms with Crippen molar-refractivity contribution in [2.75, 3.05) is 0 Å². The number of rotatable bonds is 2. The van der Waals surface area contributed by atoms with Gasteiger partial charge in [-0.05, 0) is 13.0 Å². The minimum Gasteiger partial charge on any atom is -0.481 e. The van der Waals surface area contributed by atoms with Gasteiger partial charge in [-0.2, -0.15) is 0 Å². The number of aromatic nitrogens is 2. The third-order valence-corrected chi connectivity index (χ3v) is 1.17. The molecule has 0 spiro atoms. The summed E-state index contributed by atoms with van der Waals surface area (Å²) in [6, 6.07) is 1.60. The number of nitrogens with zero attached hydrogens (tertiary/aromatic N) is 2. The summed E-state index contributed by atoms with van der Waals surface area (Å²) in [5, 5.41) is 8.40. The number of hydrogen-bond donors (Lipinski definition) is 1. The van der Waals surface area contributed by atoms with E-state index in [9.17, 15) is 4.79 Å². The molecule has 1 aromatic rings. The summed E-state index contributed by atoms with van der Waals surface area (Å²) in [4.78, 5) is 18.0. The lowest BCUT2D eigenvalue weighted by Gasteiger charge is -1.95. The van der Waals surface area contributed by atoms with E-state index < -0.39 is 5.97 Å². The molecule has 0 fully saturated rings. The molecule has 1 N–H and O–H groups in total. The second-order valence-corrected chi connectivity index (χ2v) is 2.17. The van der Waals surface area contributed by atoms with Crippen LogP contribution in [0, 0.1) is 6.92 Å². The Morgan fingerprint density at radius 3 is 3.00 bits per heavy atom. The molecule has 11 heavy (non-hydrogen) atoms. The van der Waals surface area contributed by atoms with Crippen LogP contribution in [0.2, 0.25) is 0 Å². The first-order valence-corrected chi connectivity index (χ1v) is 3.19. The summed E-state index contributed by atoms with van der Waals surface area (Å²) < 4.78 is 0. The Labute approximate surface area is 63.9 Å². The molecule has 58 valence electrons. The zero-order valence-electron chi connectivity index (χ0n) is 6.11. The molecule has 4 heteroatoms. The molecule has 0 saturated carbocycles. The van der Waals surface area contributed by atoms with Crippen molar-refractivity contribution in [1.82, 2.24) is 9.97 Å². The lowest BCUT2D eigenvalue weighted by molar-refractivity contribution is -0.136. The predicted molar refractivity (Wildman–Crippen MR) is 38.1 cm³/mol. The Bertz CT molecular complexity index is 273. The molecular formula is C7H8N2O2.